The van der Waals surface area contributed by atoms with Crippen LogP contribution in [0.25, 0.3) is 5.82 Å². The third-order valence-corrected chi connectivity index (χ3v) is 4.16. The molecule has 0 radical (unpaired) electrons. The molecule has 1 saturated carbocycles. The summed E-state index contributed by atoms with van der Waals surface area (Å²) in [5.41, 5.74) is 2.37. The van der Waals surface area contributed by atoms with Crippen LogP contribution in [0.3, 0.4) is 0 Å². The van der Waals surface area contributed by atoms with Crippen molar-refractivity contribution in [3.05, 3.63) is 41.3 Å². The fourth-order valence-corrected chi connectivity index (χ4v) is 2.99. The highest BCUT2D eigenvalue weighted by molar-refractivity contribution is 5.89. The van der Waals surface area contributed by atoms with Gasteiger partial charge in [0.2, 0.25) is 0 Å². The molecule has 0 aromatic carbocycles. The van der Waals surface area contributed by atoms with Crippen LogP contribution in [-0.4, -0.2) is 40.1 Å². The van der Waals surface area contributed by atoms with Crippen molar-refractivity contribution >= 4 is 5.97 Å². The molecule has 1 fully saturated rings. The third-order valence-electron chi connectivity index (χ3n) is 4.16. The number of ether oxygens (including phenoxy) is 2. The van der Waals surface area contributed by atoms with E-state index < -0.39 is 0 Å². The van der Waals surface area contributed by atoms with E-state index in [4.69, 9.17) is 9.47 Å². The predicted molar refractivity (Wildman–Crippen MR) is 84.7 cm³/mol. The molecular weight excluding hydrogens is 294 g/mol. The van der Waals surface area contributed by atoms with Crippen LogP contribution in [0.5, 0.6) is 0 Å². The monoisotopic (exact) mass is 315 g/mol. The van der Waals surface area contributed by atoms with E-state index in [9.17, 15) is 4.79 Å². The summed E-state index contributed by atoms with van der Waals surface area (Å²) in [5.74, 6) is 0.328. The molecule has 0 bridgehead atoms. The van der Waals surface area contributed by atoms with Crippen LogP contribution in [0.1, 0.15) is 41.0 Å². The highest BCUT2D eigenvalue weighted by Crippen LogP contribution is 2.25. The molecule has 1 aliphatic rings. The van der Waals surface area contributed by atoms with Crippen molar-refractivity contribution in [1.29, 1.82) is 0 Å². The fraction of sp³-hybridized carbons (Fsp3) is 0.471. The molecular formula is C17H21N3O3. The van der Waals surface area contributed by atoms with Gasteiger partial charge in [-0.05, 0) is 51.3 Å². The average molecular weight is 315 g/mol. The minimum atomic E-state index is -0.355. The molecule has 0 unspecified atom stereocenters. The van der Waals surface area contributed by atoms with E-state index in [0.29, 0.717) is 11.4 Å². The van der Waals surface area contributed by atoms with Crippen LogP contribution in [0.2, 0.25) is 0 Å². The Morgan fingerprint density at radius 3 is 2.65 bits per heavy atom. The Morgan fingerprint density at radius 1 is 1.26 bits per heavy atom. The van der Waals surface area contributed by atoms with Gasteiger partial charge < -0.3 is 9.47 Å². The van der Waals surface area contributed by atoms with Crippen LogP contribution < -0.4 is 0 Å². The molecule has 3 rings (SSSR count). The van der Waals surface area contributed by atoms with E-state index >= 15 is 0 Å². The van der Waals surface area contributed by atoms with Crippen molar-refractivity contribution in [2.45, 2.75) is 45.3 Å². The van der Waals surface area contributed by atoms with E-state index in [1.165, 1.54) is 6.20 Å². The SMILES string of the molecule is CO[C@@H]1CCC[C@@H]1OC(=O)c1ccc(-n2nc(C)cc2C)nc1. The van der Waals surface area contributed by atoms with Gasteiger partial charge in [0.15, 0.2) is 5.82 Å². The number of nitrogens with zero attached hydrogens (tertiary/aromatic N) is 3. The lowest BCUT2D eigenvalue weighted by atomic mass is 10.2. The summed E-state index contributed by atoms with van der Waals surface area (Å²) in [4.78, 5) is 16.6. The van der Waals surface area contributed by atoms with Crippen LogP contribution in [0.4, 0.5) is 0 Å². The smallest absolute Gasteiger partial charge is 0.340 e. The molecule has 6 heteroatoms. The molecule has 6 nitrogen and oxygen atoms in total. The third kappa shape index (κ3) is 3.27. The molecule has 0 saturated heterocycles. The van der Waals surface area contributed by atoms with Gasteiger partial charge in [-0.2, -0.15) is 5.10 Å². The van der Waals surface area contributed by atoms with E-state index in [1.807, 2.05) is 19.9 Å². The minimum Gasteiger partial charge on any atom is -0.456 e. The second-order valence-corrected chi connectivity index (χ2v) is 5.89. The molecule has 2 atom stereocenters. The van der Waals surface area contributed by atoms with E-state index in [1.54, 1.807) is 23.9 Å². The quantitative estimate of drug-likeness (QED) is 0.811. The minimum absolute atomic E-state index is 0.000816. The van der Waals surface area contributed by atoms with Crippen LogP contribution >= 0.6 is 0 Å². The molecule has 2 aromatic heterocycles. The molecule has 2 aromatic rings. The lowest BCUT2D eigenvalue weighted by Crippen LogP contribution is -2.27. The molecule has 0 N–H and O–H groups in total. The first kappa shape index (κ1) is 15.7. The summed E-state index contributed by atoms with van der Waals surface area (Å²) in [6, 6.07) is 5.48. The second-order valence-electron chi connectivity index (χ2n) is 5.89. The molecule has 0 aliphatic heterocycles. The Morgan fingerprint density at radius 2 is 2.04 bits per heavy atom. The van der Waals surface area contributed by atoms with Crippen molar-refractivity contribution in [3.8, 4) is 5.82 Å². The van der Waals surface area contributed by atoms with Gasteiger partial charge in [0.25, 0.3) is 0 Å². The van der Waals surface area contributed by atoms with Gasteiger partial charge >= 0.3 is 5.97 Å². The van der Waals surface area contributed by atoms with E-state index in [2.05, 4.69) is 10.1 Å². The van der Waals surface area contributed by atoms with Gasteiger partial charge in [0, 0.05) is 19.0 Å². The zero-order valence-corrected chi connectivity index (χ0v) is 13.7. The van der Waals surface area contributed by atoms with Crippen LogP contribution in [-0.2, 0) is 9.47 Å². The Balaban J connectivity index is 1.72. The van der Waals surface area contributed by atoms with Crippen LogP contribution in [0, 0.1) is 13.8 Å². The summed E-state index contributed by atoms with van der Waals surface area (Å²) in [5, 5.41) is 4.38. The first-order valence-electron chi connectivity index (χ1n) is 7.82. The number of carbonyl (C=O) groups is 1. The van der Waals surface area contributed by atoms with Gasteiger partial charge in [0.05, 0.1) is 17.4 Å². The predicted octanol–water partition coefficient (Wildman–Crippen LogP) is 2.61. The molecule has 1 aliphatic carbocycles. The molecule has 23 heavy (non-hydrogen) atoms. The van der Waals surface area contributed by atoms with Crippen molar-refractivity contribution in [3.63, 3.8) is 0 Å². The number of aromatic nitrogens is 3. The molecule has 122 valence electrons. The number of hydrogen-bond acceptors (Lipinski definition) is 5. The largest absolute Gasteiger partial charge is 0.456 e. The van der Waals surface area contributed by atoms with Gasteiger partial charge in [-0.1, -0.05) is 0 Å². The number of pyridine rings is 1. The normalized spacial score (nSPS) is 20.7. The Hall–Kier alpha value is -2.21. The Kier molecular flexibility index (Phi) is 4.43. The van der Waals surface area contributed by atoms with Crippen molar-refractivity contribution in [2.75, 3.05) is 7.11 Å². The van der Waals surface area contributed by atoms with E-state index in [0.717, 1.165) is 30.7 Å². The molecule has 2 heterocycles. The van der Waals surface area contributed by atoms with Crippen LogP contribution in [0.15, 0.2) is 24.4 Å². The number of hydrogen-bond donors (Lipinski definition) is 0. The summed E-state index contributed by atoms with van der Waals surface area (Å²) >= 11 is 0. The Bertz CT molecular complexity index is 694. The lowest BCUT2D eigenvalue weighted by molar-refractivity contribution is -0.0207. The highest BCUT2D eigenvalue weighted by atomic mass is 16.6. The number of carbonyl (C=O) groups excluding carboxylic acids is 1. The maximum atomic E-state index is 12.2. The van der Waals surface area contributed by atoms with Gasteiger partial charge in [-0.15, -0.1) is 0 Å². The van der Waals surface area contributed by atoms with Gasteiger partial charge in [-0.3, -0.25) is 0 Å². The average Bonchev–Trinajstić information content (AvgIpc) is 3.13. The lowest BCUT2D eigenvalue weighted by Gasteiger charge is -2.18. The summed E-state index contributed by atoms with van der Waals surface area (Å²) < 4.78 is 12.6. The molecule has 0 spiro atoms. The van der Waals surface area contributed by atoms with Crippen molar-refractivity contribution in [2.24, 2.45) is 0 Å². The number of aryl methyl sites for hydroxylation is 2. The Labute approximate surface area is 135 Å². The van der Waals surface area contributed by atoms with Crippen molar-refractivity contribution in [1.82, 2.24) is 14.8 Å². The van der Waals surface area contributed by atoms with Gasteiger partial charge in [-0.25, -0.2) is 14.5 Å². The zero-order chi connectivity index (χ0) is 16.4. The second kappa shape index (κ2) is 6.50. The summed E-state index contributed by atoms with van der Waals surface area (Å²) in [6.07, 6.45) is 4.17. The van der Waals surface area contributed by atoms with Crippen molar-refractivity contribution < 1.29 is 14.3 Å². The standard InChI is InChI=1S/C17H21N3O3/c1-11-9-12(2)20(19-11)16-8-7-13(10-18-16)17(21)23-15-6-4-5-14(15)22-3/h7-10,14-15H,4-6H2,1-3H3/t14-,15+/m1/s1. The van der Waals surface area contributed by atoms with E-state index in [-0.39, 0.29) is 18.2 Å². The highest BCUT2D eigenvalue weighted by Gasteiger charge is 2.30. The number of rotatable bonds is 4. The summed E-state index contributed by atoms with van der Waals surface area (Å²) in [6.45, 7) is 3.90. The molecule has 0 amide bonds. The summed E-state index contributed by atoms with van der Waals surface area (Å²) in [7, 11) is 1.65. The maximum Gasteiger partial charge on any atom is 0.340 e. The zero-order valence-electron chi connectivity index (χ0n) is 13.7. The first-order chi connectivity index (χ1) is 11.1. The number of methoxy groups -OCH3 is 1. The fourth-order valence-electron chi connectivity index (χ4n) is 2.99. The number of esters is 1. The first-order valence-corrected chi connectivity index (χ1v) is 7.82. The maximum absolute atomic E-state index is 12.2. The van der Waals surface area contributed by atoms with Gasteiger partial charge in [0.1, 0.15) is 6.10 Å². The topological polar surface area (TPSA) is 66.2 Å².